The Morgan fingerprint density at radius 2 is 0.947 bits per heavy atom. The summed E-state index contributed by atoms with van der Waals surface area (Å²) >= 11 is 0. The summed E-state index contributed by atoms with van der Waals surface area (Å²) in [5.41, 5.74) is 9.64. The van der Waals surface area contributed by atoms with Gasteiger partial charge in [-0.15, -0.1) is 0 Å². The number of fused-ring (bicyclic) bond motifs is 8. The number of non-ortho nitro benzene ring substituents is 3. The number of nitro groups is 3. The second kappa shape index (κ2) is 13.8. The van der Waals surface area contributed by atoms with Crippen LogP contribution in [0.5, 0.6) is 0 Å². The molecule has 0 spiro atoms. The van der Waals surface area contributed by atoms with Crippen molar-refractivity contribution in [3.63, 3.8) is 0 Å². The molecule has 0 radical (unpaired) electrons. The van der Waals surface area contributed by atoms with Crippen LogP contribution in [0, 0.1) is 30.3 Å². The van der Waals surface area contributed by atoms with E-state index in [0.29, 0.717) is 61.8 Å². The van der Waals surface area contributed by atoms with Crippen LogP contribution in [0.15, 0.2) is 133 Å². The Bertz CT molecular complexity index is 3020. The molecule has 3 aromatic heterocycles. The zero-order chi connectivity index (χ0) is 39.2. The van der Waals surface area contributed by atoms with Crippen LogP contribution in [-0.2, 0) is 0 Å². The van der Waals surface area contributed by atoms with E-state index in [9.17, 15) is 30.3 Å². The Morgan fingerprint density at radius 3 is 1.51 bits per heavy atom. The van der Waals surface area contributed by atoms with Crippen molar-refractivity contribution >= 4 is 63.4 Å². The van der Waals surface area contributed by atoms with E-state index in [1.165, 1.54) is 36.4 Å². The highest BCUT2D eigenvalue weighted by Gasteiger charge is 2.26. The van der Waals surface area contributed by atoms with Crippen molar-refractivity contribution in [1.29, 1.82) is 0 Å². The second-order valence-electron chi connectivity index (χ2n) is 13.3. The third kappa shape index (κ3) is 6.40. The maximum Gasteiger partial charge on any atom is 0.269 e. The normalized spacial score (nSPS) is 11.8. The fourth-order valence-electron chi connectivity index (χ4n) is 7.25. The Labute approximate surface area is 322 Å². The number of nitrogens with one attached hydrogen (secondary N) is 1. The lowest BCUT2D eigenvalue weighted by molar-refractivity contribution is -0.385. The van der Waals surface area contributed by atoms with Gasteiger partial charge in [-0.3, -0.25) is 30.3 Å². The van der Waals surface area contributed by atoms with Gasteiger partial charge in [0.2, 0.25) is 0 Å². The van der Waals surface area contributed by atoms with Crippen LogP contribution in [0.4, 0.5) is 17.1 Å². The zero-order valence-corrected chi connectivity index (χ0v) is 29.6. The molecule has 0 saturated carbocycles. The van der Waals surface area contributed by atoms with Crippen LogP contribution < -0.4 is 0 Å². The molecule has 4 aromatic carbocycles. The molecule has 13 heteroatoms. The summed E-state index contributed by atoms with van der Waals surface area (Å²) in [5.74, 6) is 0. The smallest absolute Gasteiger partial charge is 0.269 e. The van der Waals surface area contributed by atoms with Gasteiger partial charge in [0.05, 0.1) is 48.6 Å². The van der Waals surface area contributed by atoms with Crippen LogP contribution in [0.2, 0.25) is 0 Å². The van der Waals surface area contributed by atoms with E-state index in [-0.39, 0.29) is 17.1 Å². The number of aromatic amines is 1. The molecule has 0 unspecified atom stereocenters. The molecule has 57 heavy (non-hydrogen) atoms. The Kier molecular flexibility index (Phi) is 8.36. The third-order valence-electron chi connectivity index (χ3n) is 9.78. The summed E-state index contributed by atoms with van der Waals surface area (Å²) in [7, 11) is 0. The molecule has 0 saturated heterocycles. The first kappa shape index (κ1) is 34.4. The van der Waals surface area contributed by atoms with Gasteiger partial charge in [-0.2, -0.15) is 0 Å². The van der Waals surface area contributed by atoms with Gasteiger partial charge in [0.1, 0.15) is 0 Å². The summed E-state index contributed by atoms with van der Waals surface area (Å²) < 4.78 is 1.98. The predicted molar refractivity (Wildman–Crippen MR) is 220 cm³/mol. The monoisotopic (exact) mass is 749 g/mol. The van der Waals surface area contributed by atoms with E-state index in [1.54, 1.807) is 36.4 Å². The Morgan fingerprint density at radius 1 is 0.474 bits per heavy atom. The van der Waals surface area contributed by atoms with Gasteiger partial charge >= 0.3 is 0 Å². The number of nitrogens with zero attached hydrogens (tertiary/aromatic N) is 6. The second-order valence-corrected chi connectivity index (χ2v) is 13.3. The quantitative estimate of drug-likeness (QED) is 0.124. The lowest BCUT2D eigenvalue weighted by Gasteiger charge is -2.13. The standard InChI is InChI=1S/C44H27N7O6/c52-49(53)36-15-6-28(7-16-36)41-39-23-14-33(47-39)25-32-11-10-30(45-32)24-31-12-13-34(46-31)26-40-42(27-4-2-1-3-5-27)43(29-8-17-37(18-9-29)50(54)55)44(41)48(40)35-19-21-38(22-20-35)51(56)57/h1-26,45H. The number of aromatic nitrogens is 4. The van der Waals surface area contributed by atoms with Gasteiger partial charge in [0.15, 0.2) is 0 Å². The van der Waals surface area contributed by atoms with Gasteiger partial charge in [0.25, 0.3) is 17.1 Å². The lowest BCUT2D eigenvalue weighted by atomic mass is 9.93. The first-order valence-electron chi connectivity index (χ1n) is 17.7. The molecule has 1 N–H and O–H groups in total. The fraction of sp³-hybridized carbons (Fsp3) is 0. The van der Waals surface area contributed by atoms with E-state index in [0.717, 1.165) is 22.2 Å². The molecule has 5 heterocycles. The molecule has 0 fully saturated rings. The van der Waals surface area contributed by atoms with Crippen molar-refractivity contribution in [3.8, 4) is 39.1 Å². The van der Waals surface area contributed by atoms with Gasteiger partial charge in [-0.05, 0) is 108 Å². The third-order valence-corrected chi connectivity index (χ3v) is 9.78. The van der Waals surface area contributed by atoms with Gasteiger partial charge in [-0.25, -0.2) is 9.97 Å². The largest absolute Gasteiger partial charge is 0.355 e. The number of nitro benzene ring substituents is 3. The first-order valence-corrected chi connectivity index (χ1v) is 17.7. The molecule has 13 nitrogen and oxygen atoms in total. The van der Waals surface area contributed by atoms with Gasteiger partial charge in [-0.1, -0.05) is 30.3 Å². The first-order chi connectivity index (χ1) is 27.7. The molecule has 0 aliphatic carbocycles. The van der Waals surface area contributed by atoms with Crippen LogP contribution >= 0.6 is 0 Å². The molecule has 7 aromatic rings. The topological polar surface area (TPSA) is 176 Å². The van der Waals surface area contributed by atoms with E-state index in [2.05, 4.69) is 4.98 Å². The summed E-state index contributed by atoms with van der Waals surface area (Å²) in [6, 6.07) is 38.0. The highest BCUT2D eigenvalue weighted by molar-refractivity contribution is 6.10. The molecule has 2 aliphatic heterocycles. The van der Waals surface area contributed by atoms with E-state index >= 15 is 0 Å². The minimum atomic E-state index is -0.465. The Balaban J connectivity index is 1.58. The van der Waals surface area contributed by atoms with Crippen molar-refractivity contribution in [1.82, 2.24) is 19.5 Å². The van der Waals surface area contributed by atoms with Crippen molar-refractivity contribution < 1.29 is 14.8 Å². The minimum Gasteiger partial charge on any atom is -0.355 e. The number of rotatable bonds is 7. The van der Waals surface area contributed by atoms with Gasteiger partial charge < -0.3 is 9.55 Å². The SMILES string of the molecule is O=[N+]([O-])c1ccc(-c2c3nc(cc4ccc(cc5nc(cc6c(-c7ccccc7)c(-c7ccc([N+](=O)[O-])cc7)c2n6-c2ccc([N+](=O)[O-])cc2)C=C5)[nH]4)C=C3)cc1. The molecule has 9 rings (SSSR count). The summed E-state index contributed by atoms with van der Waals surface area (Å²) in [5, 5.41) is 35.6. The molecule has 8 bridgehead atoms. The predicted octanol–water partition coefficient (Wildman–Crippen LogP) is 10.8. The molecular formula is C44H27N7O6. The van der Waals surface area contributed by atoms with Crippen molar-refractivity contribution in [2.45, 2.75) is 0 Å². The molecule has 2 aliphatic rings. The molecule has 0 amide bonds. The van der Waals surface area contributed by atoms with E-state index < -0.39 is 14.8 Å². The molecule has 0 atom stereocenters. The minimum absolute atomic E-state index is 0.0942. The fourth-order valence-corrected chi connectivity index (χ4v) is 7.25. The van der Waals surface area contributed by atoms with Gasteiger partial charge in [0, 0.05) is 69.8 Å². The summed E-state index contributed by atoms with van der Waals surface area (Å²) in [4.78, 5) is 47.7. The summed E-state index contributed by atoms with van der Waals surface area (Å²) in [6.45, 7) is 0. The van der Waals surface area contributed by atoms with Crippen molar-refractivity contribution in [2.24, 2.45) is 0 Å². The molecular weight excluding hydrogens is 723 g/mol. The Hall–Kier alpha value is -8.32. The highest BCUT2D eigenvalue weighted by Crippen LogP contribution is 2.47. The summed E-state index contributed by atoms with van der Waals surface area (Å²) in [6.07, 6.45) is 7.56. The average molecular weight is 750 g/mol. The van der Waals surface area contributed by atoms with Crippen LogP contribution in [0.25, 0.3) is 85.4 Å². The van der Waals surface area contributed by atoms with E-state index in [4.69, 9.17) is 9.97 Å². The number of hydrogen-bond acceptors (Lipinski definition) is 8. The maximum absolute atomic E-state index is 11.9. The maximum atomic E-state index is 11.9. The van der Waals surface area contributed by atoms with Crippen molar-refractivity contribution in [2.75, 3.05) is 0 Å². The number of H-pyrrole nitrogens is 1. The number of benzene rings is 4. The average Bonchev–Trinajstić information content (AvgIpc) is 4.03. The van der Waals surface area contributed by atoms with Crippen LogP contribution in [0.3, 0.4) is 0 Å². The zero-order valence-electron chi connectivity index (χ0n) is 29.6. The lowest BCUT2D eigenvalue weighted by Crippen LogP contribution is -1.98. The number of hydrogen-bond donors (Lipinski definition) is 1. The molecule has 274 valence electrons. The van der Waals surface area contributed by atoms with E-state index in [1.807, 2.05) is 89.5 Å². The van der Waals surface area contributed by atoms with Crippen molar-refractivity contribution in [3.05, 3.63) is 187 Å². The van der Waals surface area contributed by atoms with Crippen LogP contribution in [-0.4, -0.2) is 34.3 Å². The van der Waals surface area contributed by atoms with Crippen LogP contribution in [0.1, 0.15) is 22.8 Å². The highest BCUT2D eigenvalue weighted by atomic mass is 16.6.